The van der Waals surface area contributed by atoms with E-state index < -0.39 is 5.82 Å². The van der Waals surface area contributed by atoms with Gasteiger partial charge in [0.15, 0.2) is 11.6 Å². The first-order valence-electron chi connectivity index (χ1n) is 8.47. The number of methoxy groups -OCH3 is 1. The van der Waals surface area contributed by atoms with Crippen molar-refractivity contribution < 1.29 is 18.3 Å². The summed E-state index contributed by atoms with van der Waals surface area (Å²) in [6.45, 7) is 2.83. The molecule has 132 valence electrons. The molecule has 1 aromatic heterocycles. The van der Waals surface area contributed by atoms with E-state index in [1.54, 1.807) is 17.9 Å². The third-order valence-electron chi connectivity index (χ3n) is 5.52. The van der Waals surface area contributed by atoms with Crippen LogP contribution in [0.5, 0.6) is 5.75 Å². The fourth-order valence-electron chi connectivity index (χ4n) is 4.30. The van der Waals surface area contributed by atoms with E-state index in [1.165, 1.54) is 19.2 Å². The van der Waals surface area contributed by atoms with E-state index in [-0.39, 0.29) is 28.6 Å². The van der Waals surface area contributed by atoms with Gasteiger partial charge in [-0.1, -0.05) is 12.5 Å². The maximum Gasteiger partial charge on any atom is 0.257 e. The molecule has 2 atom stereocenters. The lowest BCUT2D eigenvalue weighted by Gasteiger charge is -2.24. The highest BCUT2D eigenvalue weighted by Crippen LogP contribution is 2.50. The lowest BCUT2D eigenvalue weighted by Crippen LogP contribution is -2.35. The third-order valence-corrected chi connectivity index (χ3v) is 5.52. The van der Waals surface area contributed by atoms with E-state index in [9.17, 15) is 9.18 Å². The standard InChI is InChI=1S/C18H20FN3O3/c1-11-20-21-17(25-11)18-8-4-5-12(18)9-22(10-18)16(23)13-6-3-7-14(24-2)15(13)19/h3,6-7,12H,4-5,8-10H2,1-2H3/t12-,18-/m0/s1. The van der Waals surface area contributed by atoms with Crippen molar-refractivity contribution in [3.05, 3.63) is 41.4 Å². The summed E-state index contributed by atoms with van der Waals surface area (Å²) in [5.41, 5.74) is -0.261. The Kier molecular flexibility index (Phi) is 3.74. The zero-order valence-electron chi connectivity index (χ0n) is 14.3. The summed E-state index contributed by atoms with van der Waals surface area (Å²) in [5.74, 6) is 0.543. The van der Waals surface area contributed by atoms with Gasteiger partial charge < -0.3 is 14.1 Å². The number of fused-ring (bicyclic) bond motifs is 1. The SMILES string of the molecule is COc1cccc(C(=O)N2C[C@@H]3CCC[C@]3(c3nnc(C)o3)C2)c1F. The normalized spacial score (nSPS) is 25.2. The number of aromatic nitrogens is 2. The molecule has 1 aromatic carbocycles. The molecule has 4 rings (SSSR count). The molecular formula is C18H20FN3O3. The van der Waals surface area contributed by atoms with Crippen LogP contribution in [0.3, 0.4) is 0 Å². The molecule has 1 saturated carbocycles. The number of aryl methyl sites for hydroxylation is 1. The van der Waals surface area contributed by atoms with Crippen LogP contribution in [0, 0.1) is 18.7 Å². The van der Waals surface area contributed by atoms with Gasteiger partial charge in [0, 0.05) is 20.0 Å². The topological polar surface area (TPSA) is 68.5 Å². The zero-order valence-corrected chi connectivity index (χ0v) is 14.3. The van der Waals surface area contributed by atoms with E-state index in [0.717, 1.165) is 19.3 Å². The van der Waals surface area contributed by atoms with E-state index in [1.807, 2.05) is 0 Å². The molecule has 2 heterocycles. The lowest BCUT2D eigenvalue weighted by atomic mass is 9.80. The van der Waals surface area contributed by atoms with Gasteiger partial charge in [0.1, 0.15) is 0 Å². The molecule has 1 aliphatic carbocycles. The predicted molar refractivity (Wildman–Crippen MR) is 86.9 cm³/mol. The molecule has 25 heavy (non-hydrogen) atoms. The summed E-state index contributed by atoms with van der Waals surface area (Å²) < 4.78 is 25.2. The number of rotatable bonds is 3. The van der Waals surface area contributed by atoms with Crippen molar-refractivity contribution in [1.82, 2.24) is 15.1 Å². The van der Waals surface area contributed by atoms with Gasteiger partial charge in [-0.15, -0.1) is 10.2 Å². The number of ether oxygens (including phenoxy) is 1. The smallest absolute Gasteiger partial charge is 0.257 e. The molecule has 1 amide bonds. The van der Waals surface area contributed by atoms with Crippen molar-refractivity contribution >= 4 is 5.91 Å². The summed E-state index contributed by atoms with van der Waals surface area (Å²) >= 11 is 0. The first kappa shape index (κ1) is 16.1. The molecular weight excluding hydrogens is 325 g/mol. The Hall–Kier alpha value is -2.44. The van der Waals surface area contributed by atoms with Gasteiger partial charge in [0.05, 0.1) is 18.1 Å². The second-order valence-electron chi connectivity index (χ2n) is 6.88. The lowest BCUT2D eigenvalue weighted by molar-refractivity contribution is 0.0770. The second kappa shape index (κ2) is 5.82. The summed E-state index contributed by atoms with van der Waals surface area (Å²) in [6, 6.07) is 4.63. The molecule has 0 bridgehead atoms. The van der Waals surface area contributed by atoms with Crippen LogP contribution in [0.1, 0.15) is 41.4 Å². The third kappa shape index (κ3) is 2.41. The quantitative estimate of drug-likeness (QED) is 0.855. The van der Waals surface area contributed by atoms with Crippen molar-refractivity contribution in [3.8, 4) is 5.75 Å². The number of carbonyl (C=O) groups is 1. The van der Waals surface area contributed by atoms with Gasteiger partial charge in [0.25, 0.3) is 5.91 Å². The fraction of sp³-hybridized carbons (Fsp3) is 0.500. The summed E-state index contributed by atoms with van der Waals surface area (Å²) in [6.07, 6.45) is 2.98. The van der Waals surface area contributed by atoms with Gasteiger partial charge in [-0.2, -0.15) is 0 Å². The van der Waals surface area contributed by atoms with Gasteiger partial charge in [-0.3, -0.25) is 4.79 Å². The average Bonchev–Trinajstić information content (AvgIpc) is 3.28. The average molecular weight is 345 g/mol. The number of carbonyl (C=O) groups excluding carboxylic acids is 1. The maximum absolute atomic E-state index is 14.5. The first-order chi connectivity index (χ1) is 12.0. The molecule has 1 saturated heterocycles. The Balaban J connectivity index is 1.65. The number of likely N-dealkylation sites (tertiary alicyclic amines) is 1. The van der Waals surface area contributed by atoms with E-state index >= 15 is 0 Å². The van der Waals surface area contributed by atoms with Crippen LogP contribution < -0.4 is 4.74 Å². The first-order valence-corrected chi connectivity index (χ1v) is 8.47. The number of amides is 1. The highest BCUT2D eigenvalue weighted by Gasteiger charge is 2.55. The molecule has 0 unspecified atom stereocenters. The summed E-state index contributed by atoms with van der Waals surface area (Å²) in [7, 11) is 1.39. The molecule has 6 nitrogen and oxygen atoms in total. The van der Waals surface area contributed by atoms with E-state index in [4.69, 9.17) is 9.15 Å². The Morgan fingerprint density at radius 3 is 3.00 bits per heavy atom. The number of halogens is 1. The molecule has 1 aliphatic heterocycles. The van der Waals surface area contributed by atoms with Crippen LogP contribution in [0.15, 0.2) is 22.6 Å². The van der Waals surface area contributed by atoms with Crippen molar-refractivity contribution in [2.24, 2.45) is 5.92 Å². The largest absolute Gasteiger partial charge is 0.494 e. The van der Waals surface area contributed by atoms with Crippen molar-refractivity contribution in [1.29, 1.82) is 0 Å². The summed E-state index contributed by atoms with van der Waals surface area (Å²) in [4.78, 5) is 14.6. The molecule has 7 heteroatoms. The minimum Gasteiger partial charge on any atom is -0.494 e. The Labute approximate surface area is 145 Å². The van der Waals surface area contributed by atoms with E-state index in [0.29, 0.717) is 24.9 Å². The monoisotopic (exact) mass is 345 g/mol. The van der Waals surface area contributed by atoms with Gasteiger partial charge >= 0.3 is 0 Å². The molecule has 0 spiro atoms. The molecule has 0 radical (unpaired) electrons. The van der Waals surface area contributed by atoms with Crippen molar-refractivity contribution in [3.63, 3.8) is 0 Å². The van der Waals surface area contributed by atoms with Crippen LogP contribution in [0.4, 0.5) is 4.39 Å². The highest BCUT2D eigenvalue weighted by molar-refractivity contribution is 5.95. The Bertz CT molecular complexity index is 822. The Morgan fingerprint density at radius 2 is 2.28 bits per heavy atom. The summed E-state index contributed by atoms with van der Waals surface area (Å²) in [5, 5.41) is 8.18. The molecule has 2 aromatic rings. The highest BCUT2D eigenvalue weighted by atomic mass is 19.1. The number of nitrogens with zero attached hydrogens (tertiary/aromatic N) is 3. The molecule has 2 fully saturated rings. The fourth-order valence-corrected chi connectivity index (χ4v) is 4.30. The Morgan fingerprint density at radius 1 is 1.44 bits per heavy atom. The maximum atomic E-state index is 14.5. The van der Waals surface area contributed by atoms with Crippen molar-refractivity contribution in [2.45, 2.75) is 31.6 Å². The zero-order chi connectivity index (χ0) is 17.6. The van der Waals surface area contributed by atoms with Gasteiger partial charge in [-0.25, -0.2) is 4.39 Å². The minimum absolute atomic E-state index is 0.0381. The van der Waals surface area contributed by atoms with Crippen LogP contribution in [-0.2, 0) is 5.41 Å². The molecule has 0 N–H and O–H groups in total. The van der Waals surface area contributed by atoms with Crippen LogP contribution in [0.25, 0.3) is 0 Å². The van der Waals surface area contributed by atoms with Gasteiger partial charge in [-0.05, 0) is 30.9 Å². The molecule has 2 aliphatic rings. The minimum atomic E-state index is -0.616. The number of hydrogen-bond donors (Lipinski definition) is 0. The number of hydrogen-bond acceptors (Lipinski definition) is 5. The van der Waals surface area contributed by atoms with E-state index in [2.05, 4.69) is 10.2 Å². The van der Waals surface area contributed by atoms with Gasteiger partial charge in [0.2, 0.25) is 11.8 Å². The second-order valence-corrected chi connectivity index (χ2v) is 6.88. The van der Waals surface area contributed by atoms with Crippen molar-refractivity contribution in [2.75, 3.05) is 20.2 Å². The predicted octanol–water partition coefficient (Wildman–Crippen LogP) is 2.72. The van der Waals surface area contributed by atoms with Crippen LogP contribution in [-0.4, -0.2) is 41.2 Å². The van der Waals surface area contributed by atoms with Crippen LogP contribution >= 0.6 is 0 Å². The van der Waals surface area contributed by atoms with Crippen LogP contribution in [0.2, 0.25) is 0 Å². The number of benzene rings is 1.